The Kier molecular flexibility index (Phi) is 18.4. The molecule has 44 heavy (non-hydrogen) atoms. The van der Waals surface area contributed by atoms with Crippen LogP contribution in [0.5, 0.6) is 0 Å². The monoisotopic (exact) mass is 643 g/mol. The van der Waals surface area contributed by atoms with Crippen LogP contribution < -0.4 is 38.9 Å². The summed E-state index contributed by atoms with van der Waals surface area (Å²) in [6.45, 7) is 4.74. The van der Waals surface area contributed by atoms with Crippen molar-refractivity contribution < 1.29 is 29.1 Å². The number of aliphatic imine (C=N–C) groups is 1. The van der Waals surface area contributed by atoms with Crippen LogP contribution in [0.2, 0.25) is 0 Å². The van der Waals surface area contributed by atoms with Gasteiger partial charge in [-0.2, -0.15) is 11.8 Å². The Morgan fingerprint density at radius 1 is 0.932 bits per heavy atom. The van der Waals surface area contributed by atoms with E-state index in [0.29, 0.717) is 57.2 Å². The fourth-order valence-corrected chi connectivity index (χ4v) is 5.42. The van der Waals surface area contributed by atoms with Crippen molar-refractivity contribution in [1.29, 1.82) is 0 Å². The summed E-state index contributed by atoms with van der Waals surface area (Å²) in [6, 6.07) is -4.78. The Hall–Kier alpha value is -3.11. The quantitative estimate of drug-likeness (QED) is 0.0419. The van der Waals surface area contributed by atoms with Crippen molar-refractivity contribution in [3.63, 3.8) is 0 Å². The van der Waals surface area contributed by atoms with Crippen LogP contribution in [0.4, 0.5) is 0 Å². The van der Waals surface area contributed by atoms with Gasteiger partial charge in [-0.3, -0.25) is 24.2 Å². The molecule has 0 aliphatic carbocycles. The third-order valence-corrected chi connectivity index (χ3v) is 7.91. The number of nitrogens with one attached hydrogen (secondary N) is 3. The van der Waals surface area contributed by atoms with Gasteiger partial charge in [-0.05, 0) is 82.3 Å². The van der Waals surface area contributed by atoms with Gasteiger partial charge in [-0.1, -0.05) is 13.8 Å². The number of unbranched alkanes of at least 4 members (excludes halogenated alkanes) is 1. The zero-order valence-corrected chi connectivity index (χ0v) is 27.1. The predicted molar refractivity (Wildman–Crippen MR) is 171 cm³/mol. The summed E-state index contributed by atoms with van der Waals surface area (Å²) in [4.78, 5) is 70.3. The average Bonchev–Trinajstić information content (AvgIpc) is 3.45. The van der Waals surface area contributed by atoms with Crippen molar-refractivity contribution in [2.45, 2.75) is 102 Å². The van der Waals surface area contributed by atoms with Crippen molar-refractivity contribution >= 4 is 47.3 Å². The van der Waals surface area contributed by atoms with Crippen LogP contribution >= 0.6 is 11.8 Å². The number of rotatable bonds is 21. The first-order chi connectivity index (χ1) is 20.8. The van der Waals surface area contributed by atoms with Gasteiger partial charge in [0.15, 0.2) is 5.96 Å². The number of nitrogens with two attached hydrogens (primary N) is 4. The summed E-state index contributed by atoms with van der Waals surface area (Å²) in [5, 5.41) is 17.8. The van der Waals surface area contributed by atoms with Gasteiger partial charge in [0.05, 0.1) is 6.04 Å². The van der Waals surface area contributed by atoms with Crippen LogP contribution in [0.15, 0.2) is 4.99 Å². The van der Waals surface area contributed by atoms with Gasteiger partial charge in [0.1, 0.15) is 24.2 Å². The van der Waals surface area contributed by atoms with Crippen LogP contribution in [-0.2, 0) is 24.0 Å². The van der Waals surface area contributed by atoms with E-state index < -0.39 is 59.8 Å². The highest BCUT2D eigenvalue weighted by atomic mass is 32.2. The smallest absolute Gasteiger partial charge is 0.326 e. The number of carbonyl (C=O) groups is 5. The summed E-state index contributed by atoms with van der Waals surface area (Å²) in [6.07, 6.45) is 5.34. The molecule has 1 aliphatic rings. The second-order valence-electron chi connectivity index (χ2n) is 11.5. The van der Waals surface area contributed by atoms with Gasteiger partial charge in [-0.15, -0.1) is 0 Å². The van der Waals surface area contributed by atoms with Gasteiger partial charge in [0, 0.05) is 13.1 Å². The normalized spacial score (nSPS) is 17.3. The molecule has 4 amide bonds. The topological polar surface area (TPSA) is 261 Å². The van der Waals surface area contributed by atoms with Crippen LogP contribution in [0.1, 0.15) is 71.6 Å². The highest BCUT2D eigenvalue weighted by molar-refractivity contribution is 7.98. The zero-order chi connectivity index (χ0) is 33.2. The maximum Gasteiger partial charge on any atom is 0.326 e. The molecule has 0 radical (unpaired) electrons. The lowest BCUT2D eigenvalue weighted by Crippen LogP contribution is -2.58. The van der Waals surface area contributed by atoms with Crippen molar-refractivity contribution in [3.05, 3.63) is 0 Å². The lowest BCUT2D eigenvalue weighted by atomic mass is 10.0. The molecule has 0 spiro atoms. The number of carboxylic acids is 1. The lowest BCUT2D eigenvalue weighted by molar-refractivity contribution is -0.149. The maximum atomic E-state index is 13.6. The van der Waals surface area contributed by atoms with Gasteiger partial charge < -0.3 is 48.9 Å². The summed E-state index contributed by atoms with van der Waals surface area (Å²) in [5.74, 6) is -2.58. The lowest BCUT2D eigenvalue weighted by Gasteiger charge is -2.29. The molecule has 0 aromatic heterocycles. The van der Waals surface area contributed by atoms with Gasteiger partial charge >= 0.3 is 5.97 Å². The molecule has 5 unspecified atom stereocenters. The molecule has 1 fully saturated rings. The molecule has 1 rings (SSSR count). The first kappa shape index (κ1) is 38.9. The molecule has 5 atom stereocenters. The second kappa shape index (κ2) is 20.8. The molecule has 1 saturated heterocycles. The molecular formula is C28H53N9O6S. The number of thioether (sulfide) groups is 1. The number of nitrogens with zero attached hydrogens (tertiary/aromatic N) is 2. The van der Waals surface area contributed by atoms with Crippen molar-refractivity contribution in [2.24, 2.45) is 33.8 Å². The van der Waals surface area contributed by atoms with Crippen LogP contribution in [0.25, 0.3) is 0 Å². The molecule has 1 heterocycles. The van der Waals surface area contributed by atoms with Crippen molar-refractivity contribution in [1.82, 2.24) is 20.9 Å². The van der Waals surface area contributed by atoms with Crippen molar-refractivity contribution in [3.8, 4) is 0 Å². The van der Waals surface area contributed by atoms with E-state index in [1.807, 2.05) is 20.1 Å². The Bertz CT molecular complexity index is 979. The van der Waals surface area contributed by atoms with E-state index in [2.05, 4.69) is 20.9 Å². The molecule has 0 aromatic rings. The van der Waals surface area contributed by atoms with Crippen LogP contribution in [0, 0.1) is 5.92 Å². The number of likely N-dealkylation sites (tertiary alicyclic amines) is 1. The zero-order valence-electron chi connectivity index (χ0n) is 26.3. The van der Waals surface area contributed by atoms with E-state index in [-0.39, 0.29) is 37.8 Å². The first-order valence-electron chi connectivity index (χ1n) is 15.3. The maximum absolute atomic E-state index is 13.6. The van der Waals surface area contributed by atoms with E-state index in [1.165, 1.54) is 16.7 Å². The first-order valence-corrected chi connectivity index (χ1v) is 16.7. The Balaban J connectivity index is 3.16. The van der Waals surface area contributed by atoms with Gasteiger partial charge in [0.25, 0.3) is 0 Å². The van der Waals surface area contributed by atoms with Gasteiger partial charge in [-0.25, -0.2) is 4.79 Å². The third-order valence-electron chi connectivity index (χ3n) is 7.27. The molecule has 12 N–H and O–H groups in total. The van der Waals surface area contributed by atoms with E-state index in [4.69, 9.17) is 22.9 Å². The fourth-order valence-electron chi connectivity index (χ4n) is 4.95. The van der Waals surface area contributed by atoms with E-state index in [9.17, 15) is 29.1 Å². The summed E-state index contributed by atoms with van der Waals surface area (Å²) >= 11 is 1.51. The van der Waals surface area contributed by atoms with Crippen LogP contribution in [-0.4, -0.2) is 107 Å². The minimum atomic E-state index is -1.11. The van der Waals surface area contributed by atoms with Gasteiger partial charge in [0.2, 0.25) is 23.6 Å². The summed E-state index contributed by atoms with van der Waals surface area (Å²) < 4.78 is 0. The molecule has 15 nitrogen and oxygen atoms in total. The standard InChI is InChI=1S/C28H53N9O6S/c1-17(2)16-18(30)23(38)34-20(11-15-44-3)25(40)35-19(8-4-5-12-29)24(39)36-21(9-6-13-33-28(31)32)26(41)37-14-7-10-22(37)27(42)43/h17-22H,4-16,29-30H2,1-3H3,(H,34,38)(H,35,40)(H,36,39)(H,42,43)(H4,31,32,33). The van der Waals surface area contributed by atoms with E-state index in [1.54, 1.807) is 0 Å². The molecule has 16 heteroatoms. The number of hydrogen-bond acceptors (Lipinski definition) is 9. The summed E-state index contributed by atoms with van der Waals surface area (Å²) in [5.41, 5.74) is 22.5. The minimum Gasteiger partial charge on any atom is -0.480 e. The number of carboxylic acid groups (broad SMARTS) is 1. The third kappa shape index (κ3) is 14.1. The molecule has 0 aromatic carbocycles. The molecule has 0 saturated carbocycles. The fraction of sp³-hybridized carbons (Fsp3) is 0.786. The number of aliphatic carboxylic acids is 1. The molecular weight excluding hydrogens is 590 g/mol. The number of amides is 4. The molecule has 252 valence electrons. The molecule has 0 bridgehead atoms. The van der Waals surface area contributed by atoms with Crippen LogP contribution in [0.3, 0.4) is 0 Å². The predicted octanol–water partition coefficient (Wildman–Crippen LogP) is -1.17. The van der Waals surface area contributed by atoms with E-state index >= 15 is 0 Å². The number of hydrogen-bond donors (Lipinski definition) is 8. The highest BCUT2D eigenvalue weighted by Gasteiger charge is 2.38. The number of guanidine groups is 1. The minimum absolute atomic E-state index is 0.113. The Morgan fingerprint density at radius 3 is 2.09 bits per heavy atom. The molecule has 1 aliphatic heterocycles. The SMILES string of the molecule is CSCCC(NC(=O)C(N)CC(C)C)C(=O)NC(CCCCN)C(=O)NC(CCCN=C(N)N)C(=O)N1CCCC1C(=O)O. The average molecular weight is 644 g/mol. The number of carbonyl (C=O) groups excluding carboxylic acids is 4. The highest BCUT2D eigenvalue weighted by Crippen LogP contribution is 2.20. The van der Waals surface area contributed by atoms with Crippen molar-refractivity contribution in [2.75, 3.05) is 31.6 Å². The Morgan fingerprint density at radius 2 is 1.52 bits per heavy atom. The Labute approximate surface area is 264 Å². The summed E-state index contributed by atoms with van der Waals surface area (Å²) in [7, 11) is 0. The second-order valence-corrected chi connectivity index (χ2v) is 12.4. The van der Waals surface area contributed by atoms with E-state index in [0.717, 1.165) is 0 Å². The largest absolute Gasteiger partial charge is 0.480 e.